The molecule has 0 saturated heterocycles. The topological polar surface area (TPSA) is 68.0 Å². The number of anilines is 1. The fraction of sp³-hybridized carbons (Fsp3) is 0.211. The Morgan fingerprint density at radius 2 is 2.00 bits per heavy atom. The summed E-state index contributed by atoms with van der Waals surface area (Å²) in [5, 5.41) is 7.51. The first kappa shape index (κ1) is 18.5. The molecule has 1 heterocycles. The molecule has 5 nitrogen and oxygen atoms in total. The Labute approximate surface area is 161 Å². The van der Waals surface area contributed by atoms with Crippen LogP contribution >= 0.6 is 23.4 Å². The fourth-order valence-electron chi connectivity index (χ4n) is 2.41. The molecule has 3 aromatic rings. The highest BCUT2D eigenvalue weighted by Crippen LogP contribution is 2.24. The summed E-state index contributed by atoms with van der Waals surface area (Å²) in [6.45, 7) is 3.87. The average Bonchev–Trinajstić information content (AvgIpc) is 3.08. The van der Waals surface area contributed by atoms with Crippen LogP contribution in [0.1, 0.15) is 17.0 Å². The number of benzene rings is 2. The van der Waals surface area contributed by atoms with Crippen LogP contribution < -0.4 is 5.32 Å². The Balaban J connectivity index is 1.53. The van der Waals surface area contributed by atoms with Gasteiger partial charge in [0.15, 0.2) is 0 Å². The monoisotopic (exact) mass is 387 g/mol. The Hall–Kier alpha value is -2.31. The van der Waals surface area contributed by atoms with Crippen LogP contribution in [0.2, 0.25) is 5.02 Å². The fourth-order valence-corrected chi connectivity index (χ4v) is 3.23. The van der Waals surface area contributed by atoms with E-state index >= 15 is 0 Å². The third-order valence-electron chi connectivity index (χ3n) is 3.85. The molecule has 0 aliphatic carbocycles. The molecule has 134 valence electrons. The molecule has 26 heavy (non-hydrogen) atoms. The molecule has 1 amide bonds. The summed E-state index contributed by atoms with van der Waals surface area (Å²) < 4.78 is 5.28. The summed E-state index contributed by atoms with van der Waals surface area (Å²) in [5.41, 5.74) is 3.61. The van der Waals surface area contributed by atoms with Crippen LogP contribution in [0, 0.1) is 13.8 Å². The highest BCUT2D eigenvalue weighted by molar-refractivity contribution is 7.99. The van der Waals surface area contributed by atoms with E-state index in [1.54, 1.807) is 6.07 Å². The molecule has 0 radical (unpaired) electrons. The van der Waals surface area contributed by atoms with Crippen LogP contribution in [0.15, 0.2) is 47.0 Å². The van der Waals surface area contributed by atoms with Gasteiger partial charge >= 0.3 is 0 Å². The maximum absolute atomic E-state index is 12.1. The molecule has 0 saturated carbocycles. The number of nitrogens with zero attached hydrogens (tertiary/aromatic N) is 2. The van der Waals surface area contributed by atoms with Gasteiger partial charge in [0.1, 0.15) is 0 Å². The number of amides is 1. The molecule has 1 aromatic heterocycles. The quantitative estimate of drug-likeness (QED) is 0.652. The zero-order chi connectivity index (χ0) is 18.5. The Kier molecular flexibility index (Phi) is 5.96. The lowest BCUT2D eigenvalue weighted by atomic mass is 10.1. The number of aryl methyl sites for hydroxylation is 1. The van der Waals surface area contributed by atoms with E-state index in [-0.39, 0.29) is 11.7 Å². The smallest absolute Gasteiger partial charge is 0.236 e. The first-order chi connectivity index (χ1) is 12.5. The third kappa shape index (κ3) is 4.45. The molecule has 0 spiro atoms. The highest BCUT2D eigenvalue weighted by atomic mass is 35.5. The van der Waals surface area contributed by atoms with Crippen molar-refractivity contribution >= 4 is 35.0 Å². The summed E-state index contributed by atoms with van der Waals surface area (Å²) in [7, 11) is 0. The SMILES string of the molecule is Cc1ccccc1-c1noc(CSCC(=O)Nc2cccc(Cl)c2C)n1. The Bertz CT molecular complexity index is 927. The van der Waals surface area contributed by atoms with Crippen molar-refractivity contribution in [3.05, 3.63) is 64.5 Å². The number of carbonyl (C=O) groups excluding carboxylic acids is 1. The number of nitrogens with one attached hydrogen (secondary N) is 1. The van der Waals surface area contributed by atoms with Gasteiger partial charge in [-0.2, -0.15) is 4.98 Å². The maximum Gasteiger partial charge on any atom is 0.236 e. The molecule has 3 rings (SSSR count). The van der Waals surface area contributed by atoms with Crippen LogP contribution in [-0.4, -0.2) is 21.8 Å². The van der Waals surface area contributed by atoms with Gasteiger partial charge < -0.3 is 9.84 Å². The van der Waals surface area contributed by atoms with E-state index in [1.807, 2.05) is 50.2 Å². The predicted molar refractivity (Wildman–Crippen MR) is 105 cm³/mol. The first-order valence-electron chi connectivity index (χ1n) is 8.06. The van der Waals surface area contributed by atoms with Crippen molar-refractivity contribution in [3.8, 4) is 11.4 Å². The second-order valence-corrected chi connectivity index (χ2v) is 7.17. The summed E-state index contributed by atoms with van der Waals surface area (Å²) >= 11 is 7.48. The van der Waals surface area contributed by atoms with E-state index in [4.69, 9.17) is 16.1 Å². The third-order valence-corrected chi connectivity index (χ3v) is 5.18. The summed E-state index contributed by atoms with van der Waals surface area (Å²) in [6, 6.07) is 13.3. The van der Waals surface area contributed by atoms with Gasteiger partial charge in [-0.15, -0.1) is 11.8 Å². The van der Waals surface area contributed by atoms with Crippen molar-refractivity contribution in [1.29, 1.82) is 0 Å². The van der Waals surface area contributed by atoms with E-state index in [2.05, 4.69) is 15.5 Å². The van der Waals surface area contributed by atoms with Crippen LogP contribution in [-0.2, 0) is 10.5 Å². The summed E-state index contributed by atoms with van der Waals surface area (Å²) in [4.78, 5) is 16.5. The van der Waals surface area contributed by atoms with Crippen molar-refractivity contribution in [1.82, 2.24) is 10.1 Å². The largest absolute Gasteiger partial charge is 0.338 e. The standard InChI is InChI=1S/C19H18ClN3O2S/c1-12-6-3-4-7-14(12)19-22-18(25-23-19)11-26-10-17(24)21-16-9-5-8-15(20)13(16)2/h3-9H,10-11H2,1-2H3,(H,21,24). The number of halogens is 1. The van der Waals surface area contributed by atoms with Gasteiger partial charge in [0.05, 0.1) is 11.5 Å². The van der Waals surface area contributed by atoms with Gasteiger partial charge in [-0.1, -0.05) is 47.1 Å². The number of rotatable bonds is 6. The van der Waals surface area contributed by atoms with Gasteiger partial charge in [-0.05, 0) is 37.1 Å². The molecule has 0 aliphatic rings. The van der Waals surface area contributed by atoms with Crippen molar-refractivity contribution in [3.63, 3.8) is 0 Å². The number of hydrogen-bond acceptors (Lipinski definition) is 5. The van der Waals surface area contributed by atoms with Gasteiger partial charge in [0, 0.05) is 16.3 Å². The average molecular weight is 388 g/mol. The lowest BCUT2D eigenvalue weighted by Gasteiger charge is -2.08. The number of aromatic nitrogens is 2. The van der Waals surface area contributed by atoms with Crippen LogP contribution in [0.3, 0.4) is 0 Å². The highest BCUT2D eigenvalue weighted by Gasteiger charge is 2.12. The number of thioether (sulfide) groups is 1. The predicted octanol–water partition coefficient (Wildman–Crippen LogP) is 4.88. The van der Waals surface area contributed by atoms with Crippen LogP contribution in [0.25, 0.3) is 11.4 Å². The minimum Gasteiger partial charge on any atom is -0.338 e. The lowest BCUT2D eigenvalue weighted by Crippen LogP contribution is -2.15. The van der Waals surface area contributed by atoms with Gasteiger partial charge in [0.25, 0.3) is 0 Å². The number of carbonyl (C=O) groups is 1. The van der Waals surface area contributed by atoms with Crippen LogP contribution in [0.5, 0.6) is 0 Å². The lowest BCUT2D eigenvalue weighted by molar-refractivity contribution is -0.113. The molecule has 1 N–H and O–H groups in total. The van der Waals surface area contributed by atoms with Crippen molar-refractivity contribution in [2.45, 2.75) is 19.6 Å². The van der Waals surface area contributed by atoms with Gasteiger partial charge in [-0.3, -0.25) is 4.79 Å². The molecular formula is C19H18ClN3O2S. The van der Waals surface area contributed by atoms with Crippen molar-refractivity contribution in [2.75, 3.05) is 11.1 Å². The van der Waals surface area contributed by atoms with E-state index in [9.17, 15) is 4.79 Å². The molecule has 0 fully saturated rings. The molecule has 0 atom stereocenters. The number of hydrogen-bond donors (Lipinski definition) is 1. The van der Waals surface area contributed by atoms with E-state index in [0.29, 0.717) is 22.5 Å². The van der Waals surface area contributed by atoms with Crippen molar-refractivity contribution in [2.24, 2.45) is 0 Å². The molecular weight excluding hydrogens is 370 g/mol. The van der Waals surface area contributed by atoms with Gasteiger partial charge in [0.2, 0.25) is 17.6 Å². The normalized spacial score (nSPS) is 10.7. The molecule has 2 aromatic carbocycles. The minimum absolute atomic E-state index is 0.0981. The van der Waals surface area contributed by atoms with Gasteiger partial charge in [-0.25, -0.2) is 0 Å². The maximum atomic E-state index is 12.1. The van der Waals surface area contributed by atoms with E-state index < -0.39 is 0 Å². The molecule has 7 heteroatoms. The summed E-state index contributed by atoms with van der Waals surface area (Å²) in [5.74, 6) is 1.73. The van der Waals surface area contributed by atoms with Crippen molar-refractivity contribution < 1.29 is 9.32 Å². The summed E-state index contributed by atoms with van der Waals surface area (Å²) in [6.07, 6.45) is 0. The second kappa shape index (κ2) is 8.38. The molecule has 0 aliphatic heterocycles. The Morgan fingerprint density at radius 1 is 1.19 bits per heavy atom. The zero-order valence-corrected chi connectivity index (χ0v) is 16.0. The second-order valence-electron chi connectivity index (χ2n) is 5.78. The van der Waals surface area contributed by atoms with Crippen LogP contribution in [0.4, 0.5) is 5.69 Å². The van der Waals surface area contributed by atoms with E-state index in [0.717, 1.165) is 22.4 Å². The zero-order valence-electron chi connectivity index (χ0n) is 14.5. The minimum atomic E-state index is -0.0981. The molecule has 0 unspecified atom stereocenters. The molecule has 0 bridgehead atoms. The Morgan fingerprint density at radius 3 is 2.81 bits per heavy atom. The first-order valence-corrected chi connectivity index (χ1v) is 9.59. The van der Waals surface area contributed by atoms with E-state index in [1.165, 1.54) is 11.8 Å².